The van der Waals surface area contributed by atoms with Crippen LogP contribution in [0.15, 0.2) is 0 Å². The number of rotatable bonds is 3. The van der Waals surface area contributed by atoms with E-state index >= 15 is 0 Å². The average molecular weight is 315 g/mol. The van der Waals surface area contributed by atoms with Gasteiger partial charge in [-0.3, -0.25) is 4.90 Å². The second kappa shape index (κ2) is 5.58. The lowest BCUT2D eigenvalue weighted by atomic mass is 9.80. The molecule has 1 fully saturated rings. The highest BCUT2D eigenvalue weighted by molar-refractivity contribution is 7.92. The van der Waals surface area contributed by atoms with Crippen LogP contribution in [0, 0.1) is 0 Å². The van der Waals surface area contributed by atoms with Crippen molar-refractivity contribution in [2.24, 2.45) is 0 Å². The molecule has 2 aliphatic rings. The van der Waals surface area contributed by atoms with E-state index in [4.69, 9.17) is 4.74 Å². The fourth-order valence-corrected chi connectivity index (χ4v) is 3.72. The minimum atomic E-state index is -1.09. The van der Waals surface area contributed by atoms with E-state index < -0.39 is 5.97 Å². The molecule has 0 bridgehead atoms. The maximum atomic E-state index is 13.1. The lowest BCUT2D eigenvalue weighted by molar-refractivity contribution is -0.0216. The molecule has 116 valence electrons. The molecule has 21 heavy (non-hydrogen) atoms. The quantitative estimate of drug-likeness (QED) is 0.912. The molecule has 1 aliphatic heterocycles. The van der Waals surface area contributed by atoms with E-state index in [1.165, 1.54) is 0 Å². The maximum absolute atomic E-state index is 13.1. The summed E-state index contributed by atoms with van der Waals surface area (Å²) in [5.41, 5.74) is 1.26. The highest BCUT2D eigenvalue weighted by atomic mass is 32.2. The Labute approximate surface area is 126 Å². The lowest BCUT2D eigenvalue weighted by Crippen LogP contribution is -2.54. The largest absolute Gasteiger partial charge is 0.476 e. The third kappa shape index (κ3) is 2.56. The van der Waals surface area contributed by atoms with Crippen molar-refractivity contribution in [2.45, 2.75) is 31.7 Å². The van der Waals surface area contributed by atoms with Gasteiger partial charge in [-0.25, -0.2) is 4.79 Å². The Hall–Kier alpha value is -1.12. The highest BCUT2D eigenvalue weighted by Crippen LogP contribution is 2.36. The van der Waals surface area contributed by atoms with Gasteiger partial charge in [0, 0.05) is 30.6 Å². The first kappa shape index (κ1) is 14.8. The third-order valence-corrected chi connectivity index (χ3v) is 4.99. The Balaban J connectivity index is 1.92. The van der Waals surface area contributed by atoms with Crippen LogP contribution < -0.4 is 0 Å². The number of halogens is 1. The van der Waals surface area contributed by atoms with Gasteiger partial charge in [0.15, 0.2) is 18.0 Å². The van der Waals surface area contributed by atoms with Crippen molar-refractivity contribution in [1.82, 2.24) is 14.1 Å². The van der Waals surface area contributed by atoms with Crippen LogP contribution >= 0.6 is 12.3 Å². The van der Waals surface area contributed by atoms with E-state index in [0.717, 1.165) is 23.6 Å². The fraction of sp³-hybridized carbons (Fsp3) is 0.692. The summed E-state index contributed by atoms with van der Waals surface area (Å²) in [4.78, 5) is 13.6. The van der Waals surface area contributed by atoms with Gasteiger partial charge in [-0.1, -0.05) is 0 Å². The number of carbonyl (C=O) groups is 1. The molecule has 1 N–H and O–H groups in total. The normalized spacial score (nSPS) is 26.6. The number of nitrogens with zero attached hydrogens (tertiary/aromatic N) is 3. The summed E-state index contributed by atoms with van der Waals surface area (Å²) in [7, 11) is 0. The van der Waals surface area contributed by atoms with Crippen molar-refractivity contribution in [3.63, 3.8) is 0 Å². The molecule has 1 aliphatic carbocycles. The average Bonchev–Trinajstić information content (AvgIpc) is 2.86. The van der Waals surface area contributed by atoms with Gasteiger partial charge >= 0.3 is 5.97 Å². The molecule has 1 aromatic heterocycles. The first-order valence-corrected chi connectivity index (χ1v) is 7.68. The van der Waals surface area contributed by atoms with Gasteiger partial charge in [-0.15, -0.1) is 3.89 Å². The van der Waals surface area contributed by atoms with E-state index in [1.54, 1.807) is 0 Å². The molecule has 2 heterocycles. The highest BCUT2D eigenvalue weighted by Gasteiger charge is 2.40. The van der Waals surface area contributed by atoms with Crippen molar-refractivity contribution < 1.29 is 18.5 Å². The molecule has 8 heteroatoms. The smallest absolute Gasteiger partial charge is 0.356 e. The topological polar surface area (TPSA) is 67.6 Å². The second-order valence-corrected chi connectivity index (χ2v) is 6.28. The summed E-state index contributed by atoms with van der Waals surface area (Å²) in [6.07, 6.45) is 2.08. The van der Waals surface area contributed by atoms with Gasteiger partial charge in [0.2, 0.25) is 0 Å². The molecule has 0 radical (unpaired) electrons. The standard InChI is InChI=1S/C13H18FN3O3S/c1-13(16-4-6-20-7-5-16)3-2-9-10(8-13)17(21-14)15-11(9)12(18)19/h2-8H2,1H3,(H,18,19). The number of hydrogen-bond acceptors (Lipinski definition) is 5. The maximum Gasteiger partial charge on any atom is 0.356 e. The SMILES string of the molecule is CC1(N2CCOCC2)CCc2c(C(=O)O)nn(SF)c2C1. The molecular weight excluding hydrogens is 297 g/mol. The van der Waals surface area contributed by atoms with Crippen LogP contribution in [0.4, 0.5) is 3.89 Å². The number of morpholine rings is 1. The molecule has 6 nitrogen and oxygen atoms in total. The molecule has 1 atom stereocenters. The Morgan fingerprint density at radius 1 is 1.48 bits per heavy atom. The Kier molecular flexibility index (Phi) is 3.94. The summed E-state index contributed by atoms with van der Waals surface area (Å²) < 4.78 is 19.6. The third-order valence-electron chi connectivity index (χ3n) is 4.56. The molecule has 1 saturated heterocycles. The van der Waals surface area contributed by atoms with E-state index in [2.05, 4.69) is 16.9 Å². The molecule has 0 aromatic carbocycles. The number of aromatic nitrogens is 2. The molecular formula is C13H18FN3O3S. The van der Waals surface area contributed by atoms with E-state index in [-0.39, 0.29) is 23.6 Å². The van der Waals surface area contributed by atoms with Crippen LogP contribution in [-0.2, 0) is 17.6 Å². The summed E-state index contributed by atoms with van der Waals surface area (Å²) in [5, 5.41) is 13.1. The summed E-state index contributed by atoms with van der Waals surface area (Å²) in [5.74, 6) is -1.09. The van der Waals surface area contributed by atoms with E-state index in [0.29, 0.717) is 37.3 Å². The van der Waals surface area contributed by atoms with Crippen LogP contribution in [0.2, 0.25) is 0 Å². The van der Waals surface area contributed by atoms with Gasteiger partial charge in [-0.2, -0.15) is 9.19 Å². The van der Waals surface area contributed by atoms with Crippen molar-refractivity contribution >= 4 is 18.3 Å². The molecule has 0 amide bonds. The van der Waals surface area contributed by atoms with Crippen LogP contribution in [0.25, 0.3) is 0 Å². The monoisotopic (exact) mass is 315 g/mol. The summed E-state index contributed by atoms with van der Waals surface area (Å²) in [6, 6.07) is 0. The predicted octanol–water partition coefficient (Wildman–Crippen LogP) is 1.54. The van der Waals surface area contributed by atoms with Crippen molar-refractivity contribution in [3.05, 3.63) is 17.0 Å². The first-order valence-electron chi connectivity index (χ1n) is 7.01. The first-order chi connectivity index (χ1) is 10.0. The van der Waals surface area contributed by atoms with Gasteiger partial charge in [0.1, 0.15) is 0 Å². The van der Waals surface area contributed by atoms with Gasteiger partial charge < -0.3 is 9.84 Å². The molecule has 1 aromatic rings. The second-order valence-electron chi connectivity index (χ2n) is 5.79. The van der Waals surface area contributed by atoms with Gasteiger partial charge in [-0.05, 0) is 19.8 Å². The zero-order chi connectivity index (χ0) is 15.0. The minimum absolute atomic E-state index is 0.0147. The molecule has 0 saturated carbocycles. The van der Waals surface area contributed by atoms with Crippen LogP contribution in [-0.4, -0.2) is 57.0 Å². The number of aromatic carboxylic acids is 1. The van der Waals surface area contributed by atoms with E-state index in [9.17, 15) is 13.8 Å². The lowest BCUT2D eigenvalue weighted by Gasteiger charge is -2.45. The molecule has 0 spiro atoms. The Morgan fingerprint density at radius 3 is 2.81 bits per heavy atom. The minimum Gasteiger partial charge on any atom is -0.476 e. The van der Waals surface area contributed by atoms with Crippen molar-refractivity contribution in [1.29, 1.82) is 0 Å². The Bertz CT molecular complexity index is 559. The predicted molar refractivity (Wildman–Crippen MR) is 76.1 cm³/mol. The van der Waals surface area contributed by atoms with Crippen LogP contribution in [0.3, 0.4) is 0 Å². The summed E-state index contributed by atoms with van der Waals surface area (Å²) >= 11 is -0.0319. The number of fused-ring (bicyclic) bond motifs is 1. The zero-order valence-electron chi connectivity index (χ0n) is 11.8. The summed E-state index contributed by atoms with van der Waals surface area (Å²) in [6.45, 7) is 5.28. The van der Waals surface area contributed by atoms with Gasteiger partial charge in [0.25, 0.3) is 0 Å². The molecule has 3 rings (SSSR count). The van der Waals surface area contributed by atoms with E-state index in [1.807, 2.05) is 0 Å². The van der Waals surface area contributed by atoms with Crippen LogP contribution in [0.1, 0.15) is 35.1 Å². The number of carboxylic acid groups (broad SMARTS) is 1. The Morgan fingerprint density at radius 2 is 2.19 bits per heavy atom. The van der Waals surface area contributed by atoms with Crippen LogP contribution in [0.5, 0.6) is 0 Å². The van der Waals surface area contributed by atoms with Crippen molar-refractivity contribution in [3.8, 4) is 0 Å². The van der Waals surface area contributed by atoms with Gasteiger partial charge in [0.05, 0.1) is 18.9 Å². The number of carboxylic acids is 1. The van der Waals surface area contributed by atoms with Crippen molar-refractivity contribution in [2.75, 3.05) is 26.3 Å². The fourth-order valence-electron chi connectivity index (χ4n) is 3.35. The number of ether oxygens (including phenoxy) is 1. The molecule has 1 unspecified atom stereocenters. The zero-order valence-corrected chi connectivity index (χ0v) is 12.7. The number of hydrogen-bond donors (Lipinski definition) is 1.